The van der Waals surface area contributed by atoms with Gasteiger partial charge in [-0.15, -0.1) is 10.2 Å². The maximum absolute atomic E-state index is 10.1. The molecular formula is C21H21N3O2S. The largest absolute Gasteiger partial charge is 0.494 e. The van der Waals surface area contributed by atoms with E-state index in [0.29, 0.717) is 6.42 Å². The number of nitrogens with zero attached hydrogens (tertiary/aromatic N) is 3. The Morgan fingerprint density at radius 1 is 1.26 bits per heavy atom. The number of benzene rings is 1. The van der Waals surface area contributed by atoms with Crippen molar-refractivity contribution in [1.29, 1.82) is 5.26 Å². The van der Waals surface area contributed by atoms with Crippen molar-refractivity contribution in [2.24, 2.45) is 5.92 Å². The van der Waals surface area contributed by atoms with E-state index < -0.39 is 0 Å². The van der Waals surface area contributed by atoms with Crippen LogP contribution < -0.4 is 0 Å². The van der Waals surface area contributed by atoms with E-state index in [1.165, 1.54) is 16.9 Å². The molecule has 2 aromatic rings. The first-order valence-electron chi connectivity index (χ1n) is 9.18. The minimum atomic E-state index is -0.380. The van der Waals surface area contributed by atoms with E-state index >= 15 is 0 Å². The van der Waals surface area contributed by atoms with E-state index in [-0.39, 0.29) is 18.1 Å². The third-order valence-electron chi connectivity index (χ3n) is 4.91. The molecule has 1 aromatic heterocycles. The third-order valence-corrected chi connectivity index (χ3v) is 5.95. The molecule has 1 aromatic carbocycles. The number of aromatic nitrogens is 2. The van der Waals surface area contributed by atoms with Crippen molar-refractivity contribution in [1.82, 2.24) is 10.2 Å². The highest BCUT2D eigenvalue weighted by molar-refractivity contribution is 7.15. The van der Waals surface area contributed by atoms with Crippen LogP contribution in [0.15, 0.2) is 36.1 Å². The normalized spacial score (nSPS) is 21.4. The zero-order valence-electron chi connectivity index (χ0n) is 15.3. The highest BCUT2D eigenvalue weighted by Gasteiger charge is 2.26. The molecule has 0 radical (unpaired) electrons. The van der Waals surface area contributed by atoms with Crippen LogP contribution in [-0.2, 0) is 11.2 Å². The third kappa shape index (κ3) is 3.41. The lowest BCUT2D eigenvalue weighted by Gasteiger charge is -2.21. The van der Waals surface area contributed by atoms with Crippen LogP contribution in [0, 0.1) is 17.2 Å². The first kappa shape index (κ1) is 17.9. The Kier molecular flexibility index (Phi) is 4.81. The first-order chi connectivity index (χ1) is 13.1. The van der Waals surface area contributed by atoms with Gasteiger partial charge in [-0.05, 0) is 55.9 Å². The second-order valence-electron chi connectivity index (χ2n) is 7.15. The average molecular weight is 379 g/mol. The number of rotatable bonds is 4. The van der Waals surface area contributed by atoms with Gasteiger partial charge in [0.1, 0.15) is 21.7 Å². The molecule has 27 heavy (non-hydrogen) atoms. The lowest BCUT2D eigenvalue weighted by atomic mass is 9.94. The number of ether oxygens (including phenoxy) is 1. The first-order valence-corrected chi connectivity index (χ1v) is 9.99. The molecule has 2 atom stereocenters. The van der Waals surface area contributed by atoms with Gasteiger partial charge in [0.05, 0.1) is 18.3 Å². The summed E-state index contributed by atoms with van der Waals surface area (Å²) in [5, 5.41) is 30.1. The number of hydrogen-bond donors (Lipinski definition) is 1. The molecule has 5 nitrogen and oxygen atoms in total. The smallest absolute Gasteiger partial charge is 0.148 e. The molecule has 6 heteroatoms. The van der Waals surface area contributed by atoms with Crippen molar-refractivity contribution >= 4 is 16.9 Å². The van der Waals surface area contributed by atoms with Crippen LogP contribution in [0.25, 0.3) is 16.1 Å². The fourth-order valence-corrected chi connectivity index (χ4v) is 4.57. The molecule has 0 saturated heterocycles. The molecule has 0 amide bonds. The average Bonchev–Trinajstić information content (AvgIpc) is 3.29. The van der Waals surface area contributed by atoms with Crippen LogP contribution >= 0.6 is 11.3 Å². The molecule has 2 aliphatic carbocycles. The zero-order chi connectivity index (χ0) is 19.0. The second-order valence-corrected chi connectivity index (χ2v) is 8.13. The summed E-state index contributed by atoms with van der Waals surface area (Å²) in [4.78, 5) is 0. The van der Waals surface area contributed by atoms with Crippen molar-refractivity contribution in [3.8, 4) is 16.6 Å². The Morgan fingerprint density at radius 2 is 2.07 bits per heavy atom. The van der Waals surface area contributed by atoms with Crippen molar-refractivity contribution in [3.05, 3.63) is 52.2 Å². The lowest BCUT2D eigenvalue weighted by Crippen LogP contribution is -2.13. The van der Waals surface area contributed by atoms with E-state index in [0.717, 1.165) is 45.3 Å². The Labute approximate surface area is 162 Å². The summed E-state index contributed by atoms with van der Waals surface area (Å²) in [7, 11) is 0. The number of nitriles is 1. The Balaban J connectivity index is 1.64. The van der Waals surface area contributed by atoms with Crippen LogP contribution in [0.2, 0.25) is 0 Å². The van der Waals surface area contributed by atoms with Crippen LogP contribution in [0.1, 0.15) is 48.9 Å². The summed E-state index contributed by atoms with van der Waals surface area (Å²) in [6.07, 6.45) is 5.73. The molecule has 4 rings (SSSR count). The van der Waals surface area contributed by atoms with Gasteiger partial charge >= 0.3 is 0 Å². The highest BCUT2D eigenvalue weighted by atomic mass is 32.1. The topological polar surface area (TPSA) is 79.0 Å². The van der Waals surface area contributed by atoms with Gasteiger partial charge in [-0.2, -0.15) is 5.26 Å². The predicted octanol–water partition coefficient (Wildman–Crippen LogP) is 4.42. The monoisotopic (exact) mass is 379 g/mol. The van der Waals surface area contributed by atoms with Crippen molar-refractivity contribution in [3.63, 3.8) is 0 Å². The molecule has 1 heterocycles. The molecule has 0 spiro atoms. The van der Waals surface area contributed by atoms with Crippen molar-refractivity contribution in [2.75, 3.05) is 0 Å². The highest BCUT2D eigenvalue weighted by Crippen LogP contribution is 2.40. The number of aliphatic hydroxyl groups excluding tert-OH is 1. The molecule has 1 N–H and O–H groups in total. The number of hydrogen-bond acceptors (Lipinski definition) is 6. The lowest BCUT2D eigenvalue weighted by molar-refractivity contribution is 0.129. The summed E-state index contributed by atoms with van der Waals surface area (Å²) in [5.74, 6) is 0.423. The summed E-state index contributed by atoms with van der Waals surface area (Å²) in [5.41, 5.74) is 4.24. The molecule has 2 aliphatic rings. The zero-order valence-corrected chi connectivity index (χ0v) is 16.2. The van der Waals surface area contributed by atoms with Gasteiger partial charge in [-0.3, -0.25) is 0 Å². The van der Waals surface area contributed by atoms with E-state index in [2.05, 4.69) is 16.3 Å². The van der Waals surface area contributed by atoms with E-state index in [1.54, 1.807) is 0 Å². The maximum Gasteiger partial charge on any atom is 0.148 e. The van der Waals surface area contributed by atoms with Crippen molar-refractivity contribution < 1.29 is 9.84 Å². The summed E-state index contributed by atoms with van der Waals surface area (Å²) < 4.78 is 5.75. The summed E-state index contributed by atoms with van der Waals surface area (Å²) in [6, 6.07) is 8.33. The van der Waals surface area contributed by atoms with Crippen LogP contribution in [0.3, 0.4) is 0 Å². The van der Waals surface area contributed by atoms with Gasteiger partial charge < -0.3 is 9.84 Å². The summed E-state index contributed by atoms with van der Waals surface area (Å²) in [6.45, 7) is 3.92. The van der Waals surface area contributed by atoms with E-state index in [4.69, 9.17) is 4.74 Å². The van der Waals surface area contributed by atoms with E-state index in [1.807, 2.05) is 44.2 Å². The number of aliphatic hydroxyl groups is 1. The molecule has 138 valence electrons. The SMILES string of the molecule is CC(C)OC1=CC=C(c2nnc(-c3cccc4c3CC[C@@H]4O)s2)CC1C#N. The van der Waals surface area contributed by atoms with Gasteiger partial charge in [0, 0.05) is 5.56 Å². The predicted molar refractivity (Wildman–Crippen MR) is 105 cm³/mol. The second kappa shape index (κ2) is 7.26. The van der Waals surface area contributed by atoms with Crippen LogP contribution in [0.4, 0.5) is 0 Å². The van der Waals surface area contributed by atoms with Crippen LogP contribution in [0.5, 0.6) is 0 Å². The van der Waals surface area contributed by atoms with Gasteiger partial charge in [0.2, 0.25) is 0 Å². The minimum absolute atomic E-state index is 0.0470. The van der Waals surface area contributed by atoms with Gasteiger partial charge in [0.25, 0.3) is 0 Å². The maximum atomic E-state index is 10.1. The molecule has 0 saturated carbocycles. The van der Waals surface area contributed by atoms with E-state index in [9.17, 15) is 10.4 Å². The molecule has 1 unspecified atom stereocenters. The van der Waals surface area contributed by atoms with Gasteiger partial charge in [0.15, 0.2) is 0 Å². The fourth-order valence-electron chi connectivity index (χ4n) is 3.64. The Morgan fingerprint density at radius 3 is 2.85 bits per heavy atom. The standard InChI is InChI=1S/C21H21N3O2S/c1-12(2)26-19-9-6-13(10-14(19)11-22)20-23-24-21(27-20)17-5-3-4-16-15(17)7-8-18(16)25/h3-6,9,12,14,18,25H,7-8,10H2,1-2H3/t14?,18-/m0/s1. The summed E-state index contributed by atoms with van der Waals surface area (Å²) >= 11 is 1.54. The Bertz CT molecular complexity index is 968. The Hall–Kier alpha value is -2.49. The van der Waals surface area contributed by atoms with Gasteiger partial charge in [-0.25, -0.2) is 0 Å². The molecular weight excluding hydrogens is 358 g/mol. The van der Waals surface area contributed by atoms with Crippen LogP contribution in [-0.4, -0.2) is 21.4 Å². The van der Waals surface area contributed by atoms with Crippen molar-refractivity contribution in [2.45, 2.75) is 45.3 Å². The van der Waals surface area contributed by atoms with Gasteiger partial charge in [-0.1, -0.05) is 35.6 Å². The number of allylic oxidation sites excluding steroid dienone is 4. The molecule has 0 aliphatic heterocycles. The molecule has 0 bridgehead atoms. The minimum Gasteiger partial charge on any atom is -0.494 e. The quantitative estimate of drug-likeness (QED) is 0.851. The fraction of sp³-hybridized carbons (Fsp3) is 0.381. The molecule has 0 fully saturated rings. The number of fused-ring (bicyclic) bond motifs is 1.